The minimum absolute atomic E-state index is 0.0372. The lowest BCUT2D eigenvalue weighted by Crippen LogP contribution is -2.34. The first-order valence-electron chi connectivity index (χ1n) is 6.81. The van der Waals surface area contributed by atoms with Crippen LogP contribution in [-0.2, 0) is 4.74 Å². The summed E-state index contributed by atoms with van der Waals surface area (Å²) in [4.78, 5) is 30.5. The average Bonchev–Trinajstić information content (AvgIpc) is 3.02. The van der Waals surface area contributed by atoms with Crippen LogP contribution in [0.5, 0.6) is 0 Å². The Hall–Kier alpha value is -2.05. The zero-order valence-electron chi connectivity index (χ0n) is 12.8. The smallest absolute Gasteiger partial charge is 0.255 e. The summed E-state index contributed by atoms with van der Waals surface area (Å²) >= 11 is 1.28. The fraction of sp³-hybridized carbons (Fsp3) is 0.312. The van der Waals surface area contributed by atoms with Gasteiger partial charge in [0.1, 0.15) is 0 Å². The molecule has 0 aliphatic heterocycles. The maximum Gasteiger partial charge on any atom is 0.255 e. The number of hydrogen-bond donors (Lipinski definition) is 0. The average molecular weight is 318 g/mol. The molecule has 5 nitrogen and oxygen atoms in total. The first-order chi connectivity index (χ1) is 10.5. The topological polar surface area (TPSA) is 59.5 Å². The van der Waals surface area contributed by atoms with Crippen molar-refractivity contribution in [1.29, 1.82) is 0 Å². The summed E-state index contributed by atoms with van der Waals surface area (Å²) in [6.45, 7) is 1.84. The highest BCUT2D eigenvalue weighted by molar-refractivity contribution is 7.12. The van der Waals surface area contributed by atoms with Gasteiger partial charge >= 0.3 is 0 Å². The summed E-state index contributed by atoms with van der Waals surface area (Å²) < 4.78 is 5.22. The van der Waals surface area contributed by atoms with Crippen molar-refractivity contribution >= 4 is 23.0 Å². The third-order valence-corrected chi connectivity index (χ3v) is 4.37. The Labute approximate surface area is 133 Å². The summed E-state index contributed by atoms with van der Waals surface area (Å²) in [5, 5.41) is 1.71. The first-order valence-corrected chi connectivity index (χ1v) is 7.69. The Morgan fingerprint density at radius 3 is 2.73 bits per heavy atom. The summed E-state index contributed by atoms with van der Waals surface area (Å²) in [6, 6.07) is 6.92. The number of aromatic nitrogens is 1. The van der Waals surface area contributed by atoms with Crippen LogP contribution in [-0.4, -0.2) is 42.3 Å². The van der Waals surface area contributed by atoms with Crippen molar-refractivity contribution in [3.63, 3.8) is 0 Å². The van der Waals surface area contributed by atoms with E-state index in [2.05, 4.69) is 4.98 Å². The number of Topliss-reactive ketones (excluding diaryl/α,β-unsaturated/α-hetero) is 1. The Morgan fingerprint density at radius 2 is 2.18 bits per heavy atom. The van der Waals surface area contributed by atoms with E-state index in [1.54, 1.807) is 36.7 Å². The molecule has 0 aliphatic rings. The van der Waals surface area contributed by atoms with E-state index in [1.807, 2.05) is 18.2 Å². The Kier molecular flexibility index (Phi) is 5.41. The number of carbonyl (C=O) groups is 2. The van der Waals surface area contributed by atoms with Crippen molar-refractivity contribution in [3.05, 3.63) is 52.0 Å². The van der Waals surface area contributed by atoms with Crippen LogP contribution < -0.4 is 0 Å². The lowest BCUT2D eigenvalue weighted by Gasteiger charge is -2.27. The van der Waals surface area contributed by atoms with Gasteiger partial charge in [-0.25, -0.2) is 0 Å². The van der Waals surface area contributed by atoms with Gasteiger partial charge in [-0.1, -0.05) is 6.07 Å². The minimum Gasteiger partial charge on any atom is -0.382 e. The van der Waals surface area contributed by atoms with E-state index < -0.39 is 0 Å². The maximum absolute atomic E-state index is 12.6. The van der Waals surface area contributed by atoms with E-state index in [0.717, 1.165) is 5.69 Å². The molecule has 2 aromatic heterocycles. The molecule has 0 aromatic carbocycles. The SMILES string of the molecule is COC[C@@H](c1ccccn1)N(C)C(=O)c1csc(C(C)=O)c1. The van der Waals surface area contributed by atoms with Gasteiger partial charge in [0.2, 0.25) is 0 Å². The second-order valence-electron chi connectivity index (χ2n) is 4.90. The molecule has 0 saturated heterocycles. The van der Waals surface area contributed by atoms with Crippen molar-refractivity contribution in [1.82, 2.24) is 9.88 Å². The van der Waals surface area contributed by atoms with Crippen molar-refractivity contribution in [2.24, 2.45) is 0 Å². The number of ketones is 1. The highest BCUT2D eigenvalue weighted by atomic mass is 32.1. The summed E-state index contributed by atoms with van der Waals surface area (Å²) in [5.41, 5.74) is 1.27. The number of carbonyl (C=O) groups excluding carboxylic acids is 2. The van der Waals surface area contributed by atoms with Gasteiger partial charge in [-0.3, -0.25) is 14.6 Å². The van der Waals surface area contributed by atoms with Crippen LogP contribution in [0.15, 0.2) is 35.8 Å². The third-order valence-electron chi connectivity index (χ3n) is 3.33. The number of nitrogens with zero attached hydrogens (tertiary/aromatic N) is 2. The molecule has 6 heteroatoms. The number of likely N-dealkylation sites (N-methyl/N-ethyl adjacent to an activating group) is 1. The van der Waals surface area contributed by atoms with Gasteiger partial charge in [0, 0.05) is 25.7 Å². The number of thiophene rings is 1. The highest BCUT2D eigenvalue weighted by Gasteiger charge is 2.24. The Bertz CT molecular complexity index is 654. The van der Waals surface area contributed by atoms with Crippen LogP contribution >= 0.6 is 11.3 Å². The van der Waals surface area contributed by atoms with Gasteiger partial charge in [-0.15, -0.1) is 11.3 Å². The van der Waals surface area contributed by atoms with Crippen LogP contribution in [0.1, 0.15) is 38.7 Å². The second kappa shape index (κ2) is 7.29. The van der Waals surface area contributed by atoms with Gasteiger partial charge in [-0.2, -0.15) is 0 Å². The molecule has 0 fully saturated rings. The molecular weight excluding hydrogens is 300 g/mol. The van der Waals surface area contributed by atoms with Crippen molar-refractivity contribution in [3.8, 4) is 0 Å². The molecule has 0 aliphatic carbocycles. The van der Waals surface area contributed by atoms with E-state index >= 15 is 0 Å². The molecule has 0 unspecified atom stereocenters. The number of amides is 1. The normalized spacial score (nSPS) is 12.0. The number of methoxy groups -OCH3 is 1. The fourth-order valence-electron chi connectivity index (χ4n) is 2.10. The van der Waals surface area contributed by atoms with Gasteiger partial charge in [-0.05, 0) is 25.1 Å². The van der Waals surface area contributed by atoms with Gasteiger partial charge in [0.05, 0.1) is 28.8 Å². The van der Waals surface area contributed by atoms with E-state index in [4.69, 9.17) is 4.74 Å². The molecule has 2 heterocycles. The second-order valence-corrected chi connectivity index (χ2v) is 5.81. The molecule has 0 saturated carbocycles. The molecule has 22 heavy (non-hydrogen) atoms. The monoisotopic (exact) mass is 318 g/mol. The maximum atomic E-state index is 12.6. The molecule has 0 radical (unpaired) electrons. The van der Waals surface area contributed by atoms with Crippen LogP contribution in [0.2, 0.25) is 0 Å². The summed E-state index contributed by atoms with van der Waals surface area (Å²) in [6.07, 6.45) is 1.69. The quantitative estimate of drug-likeness (QED) is 0.769. The lowest BCUT2D eigenvalue weighted by atomic mass is 10.1. The number of rotatable bonds is 6. The van der Waals surface area contributed by atoms with Crippen molar-refractivity contribution in [2.75, 3.05) is 20.8 Å². The zero-order chi connectivity index (χ0) is 16.1. The molecule has 1 atom stereocenters. The lowest BCUT2D eigenvalue weighted by molar-refractivity contribution is 0.0595. The predicted octanol–water partition coefficient (Wildman–Crippen LogP) is 2.81. The van der Waals surface area contributed by atoms with Crippen molar-refractivity contribution in [2.45, 2.75) is 13.0 Å². The first kappa shape index (κ1) is 16.3. The number of pyridine rings is 1. The largest absolute Gasteiger partial charge is 0.382 e. The standard InChI is InChI=1S/C16H18N2O3S/c1-11(19)15-8-12(10-22-15)16(20)18(2)14(9-21-3)13-6-4-5-7-17-13/h4-8,10,14H,9H2,1-3H3/t14-/m0/s1. The van der Waals surface area contributed by atoms with Gasteiger partial charge in [0.15, 0.2) is 5.78 Å². The Morgan fingerprint density at radius 1 is 1.41 bits per heavy atom. The van der Waals surface area contributed by atoms with Gasteiger partial charge < -0.3 is 9.64 Å². The summed E-state index contributed by atoms with van der Waals surface area (Å²) in [5.74, 6) is -0.193. The molecular formula is C16H18N2O3S. The van der Waals surface area contributed by atoms with Crippen molar-refractivity contribution < 1.29 is 14.3 Å². The van der Waals surface area contributed by atoms with E-state index in [9.17, 15) is 9.59 Å². The third kappa shape index (κ3) is 3.58. The zero-order valence-corrected chi connectivity index (χ0v) is 13.6. The van der Waals surface area contributed by atoms with Crippen LogP contribution in [0, 0.1) is 0 Å². The van der Waals surface area contributed by atoms with Gasteiger partial charge in [0.25, 0.3) is 5.91 Å². The molecule has 1 amide bonds. The predicted molar refractivity (Wildman–Crippen MR) is 85.3 cm³/mol. The van der Waals surface area contributed by atoms with E-state index in [1.165, 1.54) is 18.3 Å². The molecule has 0 spiro atoms. The fourth-order valence-corrected chi connectivity index (χ4v) is 2.89. The van der Waals surface area contributed by atoms with Crippen LogP contribution in [0.3, 0.4) is 0 Å². The molecule has 2 aromatic rings. The number of hydrogen-bond acceptors (Lipinski definition) is 5. The molecule has 2 rings (SSSR count). The molecule has 0 bridgehead atoms. The van der Waals surface area contributed by atoms with Crippen LogP contribution in [0.4, 0.5) is 0 Å². The molecule has 116 valence electrons. The molecule has 0 N–H and O–H groups in total. The van der Waals surface area contributed by atoms with E-state index in [0.29, 0.717) is 17.0 Å². The van der Waals surface area contributed by atoms with Crippen LogP contribution in [0.25, 0.3) is 0 Å². The minimum atomic E-state index is -0.278. The van der Waals surface area contributed by atoms with E-state index in [-0.39, 0.29) is 17.7 Å². The summed E-state index contributed by atoms with van der Waals surface area (Å²) in [7, 11) is 3.30. The highest BCUT2D eigenvalue weighted by Crippen LogP contribution is 2.22. The number of ether oxygens (including phenoxy) is 1. The Balaban J connectivity index is 2.24.